The van der Waals surface area contributed by atoms with Gasteiger partial charge in [0.25, 0.3) is 15.9 Å². The monoisotopic (exact) mass is 449 g/mol. The first-order chi connectivity index (χ1) is 14.0. The zero-order chi connectivity index (χ0) is 19.8. The number of nitrogens with zero attached hydrogens (tertiary/aromatic N) is 3. The Bertz CT molecular complexity index is 1280. The third kappa shape index (κ3) is 2.16. The third-order valence-corrected chi connectivity index (χ3v) is 8.83. The highest BCUT2D eigenvalue weighted by Crippen LogP contribution is 2.57. The van der Waals surface area contributed by atoms with Gasteiger partial charge >= 0.3 is 0 Å². The maximum atomic E-state index is 13.9. The molecule has 29 heavy (non-hydrogen) atoms. The summed E-state index contributed by atoms with van der Waals surface area (Å²) in [7, 11) is -3.93. The maximum Gasteiger partial charge on any atom is 0.263 e. The van der Waals surface area contributed by atoms with E-state index in [0.717, 1.165) is 4.88 Å². The lowest BCUT2D eigenvalue weighted by Gasteiger charge is -2.24. The molecule has 0 amide bonds. The molecule has 0 saturated heterocycles. The van der Waals surface area contributed by atoms with Crippen molar-refractivity contribution in [1.29, 1.82) is 0 Å². The first-order valence-electron chi connectivity index (χ1n) is 8.66. The van der Waals surface area contributed by atoms with Gasteiger partial charge in [0.05, 0.1) is 10.9 Å². The van der Waals surface area contributed by atoms with Gasteiger partial charge in [-0.05, 0) is 24.3 Å². The first-order valence-corrected chi connectivity index (χ1v) is 11.3. The molecule has 0 aromatic carbocycles. The normalized spacial score (nSPS) is 22.6. The molecule has 3 aliphatic rings. The Hall–Kier alpha value is -2.56. The topological polar surface area (TPSA) is 90.9 Å². The molecule has 3 aromatic heterocycles. The van der Waals surface area contributed by atoms with Crippen LogP contribution in [0.15, 0.2) is 36.5 Å². The quantitative estimate of drug-likeness (QED) is 0.594. The number of hydrogen-bond acceptors (Lipinski definition) is 8. The molecule has 6 rings (SSSR count). The van der Waals surface area contributed by atoms with Crippen molar-refractivity contribution in [3.63, 3.8) is 0 Å². The second kappa shape index (κ2) is 5.74. The van der Waals surface area contributed by atoms with E-state index in [0.29, 0.717) is 32.9 Å². The van der Waals surface area contributed by atoms with Crippen LogP contribution >= 0.6 is 22.9 Å². The Morgan fingerprint density at radius 2 is 2.07 bits per heavy atom. The average molecular weight is 450 g/mol. The van der Waals surface area contributed by atoms with Crippen LogP contribution in [0.25, 0.3) is 0 Å². The van der Waals surface area contributed by atoms with Gasteiger partial charge in [0.2, 0.25) is 12.7 Å². The van der Waals surface area contributed by atoms with Crippen LogP contribution in [0.2, 0.25) is 4.34 Å². The van der Waals surface area contributed by atoms with Gasteiger partial charge in [-0.25, -0.2) is 17.7 Å². The highest BCUT2D eigenvalue weighted by Gasteiger charge is 2.63. The van der Waals surface area contributed by atoms with Crippen LogP contribution < -0.4 is 18.5 Å². The smallest absolute Gasteiger partial charge is 0.263 e. The van der Waals surface area contributed by atoms with Crippen LogP contribution in [-0.2, 0) is 21.3 Å². The zero-order valence-electron chi connectivity index (χ0n) is 14.7. The number of rotatable bonds is 2. The standard InChI is InChI=1S/C18H12ClN3O5S2/c19-14-4-3-10(28-14)7-22-15-11(2-1-5-20-15)18(29(22,23)24)8-25-16-12(18)6-13-17(21-16)27-9-26-13/h1-6H,7-9H2. The summed E-state index contributed by atoms with van der Waals surface area (Å²) in [6.45, 7) is 0.0775. The third-order valence-electron chi connectivity index (χ3n) is 5.29. The Morgan fingerprint density at radius 3 is 2.90 bits per heavy atom. The number of hydrogen-bond donors (Lipinski definition) is 0. The van der Waals surface area contributed by atoms with Gasteiger partial charge in [-0.1, -0.05) is 17.7 Å². The summed E-state index contributed by atoms with van der Waals surface area (Å²) in [5.74, 6) is 1.31. The molecule has 3 aliphatic heterocycles. The van der Waals surface area contributed by atoms with Crippen LogP contribution in [-0.4, -0.2) is 31.8 Å². The first kappa shape index (κ1) is 17.3. The molecule has 6 heterocycles. The Balaban J connectivity index is 1.57. The summed E-state index contributed by atoms with van der Waals surface area (Å²) in [6.07, 6.45) is 1.58. The summed E-state index contributed by atoms with van der Waals surface area (Å²) >= 11 is 7.37. The van der Waals surface area contributed by atoms with E-state index in [1.165, 1.54) is 15.6 Å². The van der Waals surface area contributed by atoms with Crippen molar-refractivity contribution >= 4 is 38.8 Å². The molecule has 0 radical (unpaired) electrons. The number of pyridine rings is 2. The van der Waals surface area contributed by atoms with E-state index in [1.54, 1.807) is 30.5 Å². The average Bonchev–Trinajstić information content (AvgIpc) is 3.45. The van der Waals surface area contributed by atoms with Gasteiger partial charge in [-0.15, -0.1) is 11.3 Å². The summed E-state index contributed by atoms with van der Waals surface area (Å²) in [5.41, 5.74) is 0.991. The van der Waals surface area contributed by atoms with Crippen molar-refractivity contribution in [3.05, 3.63) is 56.9 Å². The van der Waals surface area contributed by atoms with Crippen molar-refractivity contribution in [2.45, 2.75) is 11.3 Å². The van der Waals surface area contributed by atoms with Gasteiger partial charge in [-0.2, -0.15) is 4.98 Å². The molecule has 0 fully saturated rings. The van der Waals surface area contributed by atoms with Crippen molar-refractivity contribution in [1.82, 2.24) is 9.97 Å². The fraction of sp³-hybridized carbons (Fsp3) is 0.222. The van der Waals surface area contributed by atoms with Crippen LogP contribution in [0.5, 0.6) is 17.5 Å². The number of sulfonamides is 1. The molecule has 0 N–H and O–H groups in total. The van der Waals surface area contributed by atoms with Gasteiger partial charge < -0.3 is 14.2 Å². The van der Waals surface area contributed by atoms with Crippen LogP contribution in [0.3, 0.4) is 0 Å². The predicted octanol–water partition coefficient (Wildman–Crippen LogP) is 2.91. The molecule has 11 heteroatoms. The van der Waals surface area contributed by atoms with E-state index in [4.69, 9.17) is 25.8 Å². The molecule has 1 atom stereocenters. The predicted molar refractivity (Wildman–Crippen MR) is 105 cm³/mol. The lowest BCUT2D eigenvalue weighted by molar-refractivity contribution is 0.170. The van der Waals surface area contributed by atoms with Gasteiger partial charge in [0, 0.05) is 22.2 Å². The molecule has 148 valence electrons. The van der Waals surface area contributed by atoms with Gasteiger partial charge in [0.1, 0.15) is 12.4 Å². The minimum atomic E-state index is -3.93. The second-order valence-corrected chi connectivity index (χ2v) is 10.6. The molecule has 3 aromatic rings. The van der Waals surface area contributed by atoms with E-state index in [2.05, 4.69) is 9.97 Å². The fourth-order valence-corrected chi connectivity index (χ4v) is 7.28. The molecule has 0 bridgehead atoms. The fourth-order valence-electron chi connectivity index (χ4n) is 3.99. The number of ether oxygens (including phenoxy) is 3. The highest BCUT2D eigenvalue weighted by molar-refractivity contribution is 7.94. The largest absolute Gasteiger partial charge is 0.475 e. The number of fused-ring (bicyclic) bond motifs is 5. The summed E-state index contributed by atoms with van der Waals surface area (Å²) in [4.78, 5) is 9.52. The molecular formula is C18H12ClN3O5S2. The van der Waals surface area contributed by atoms with Crippen molar-refractivity contribution in [2.24, 2.45) is 0 Å². The highest BCUT2D eigenvalue weighted by atomic mass is 35.5. The van der Waals surface area contributed by atoms with Crippen molar-refractivity contribution < 1.29 is 22.6 Å². The number of halogens is 1. The van der Waals surface area contributed by atoms with Crippen molar-refractivity contribution in [2.75, 3.05) is 17.7 Å². The van der Waals surface area contributed by atoms with E-state index in [-0.39, 0.29) is 25.8 Å². The minimum Gasteiger partial charge on any atom is -0.475 e. The van der Waals surface area contributed by atoms with Gasteiger partial charge in [0.15, 0.2) is 10.5 Å². The van der Waals surface area contributed by atoms with E-state index in [9.17, 15) is 8.42 Å². The lowest BCUT2D eigenvalue weighted by atomic mass is 9.93. The Kier molecular flexibility index (Phi) is 3.43. The number of thiophene rings is 1. The minimum absolute atomic E-state index is 0.0361. The van der Waals surface area contributed by atoms with Gasteiger partial charge in [-0.3, -0.25) is 0 Å². The van der Waals surface area contributed by atoms with E-state index >= 15 is 0 Å². The molecule has 8 nitrogen and oxygen atoms in total. The number of aromatic nitrogens is 2. The van der Waals surface area contributed by atoms with E-state index in [1.807, 2.05) is 6.07 Å². The lowest BCUT2D eigenvalue weighted by Crippen LogP contribution is -2.41. The van der Waals surface area contributed by atoms with Crippen LogP contribution in [0.4, 0.5) is 5.82 Å². The summed E-state index contributed by atoms with van der Waals surface area (Å²) < 4.78 is 44.8. The molecule has 0 saturated carbocycles. The molecule has 1 spiro atoms. The summed E-state index contributed by atoms with van der Waals surface area (Å²) in [6, 6.07) is 8.70. The molecular weight excluding hydrogens is 438 g/mol. The molecule has 0 aliphatic carbocycles. The SMILES string of the molecule is O=S1(=O)N(Cc2ccc(Cl)s2)c2ncccc2C12COc1nc3c(cc12)OCO3. The maximum absolute atomic E-state index is 13.9. The summed E-state index contributed by atoms with van der Waals surface area (Å²) in [5, 5.41) is 0. The van der Waals surface area contributed by atoms with E-state index < -0.39 is 14.8 Å². The number of anilines is 1. The molecule has 1 unspecified atom stereocenters. The van der Waals surface area contributed by atoms with Crippen LogP contribution in [0, 0.1) is 0 Å². The second-order valence-electron chi connectivity index (χ2n) is 6.76. The van der Waals surface area contributed by atoms with Crippen molar-refractivity contribution in [3.8, 4) is 17.5 Å². The van der Waals surface area contributed by atoms with Crippen LogP contribution in [0.1, 0.15) is 16.0 Å². The Morgan fingerprint density at radius 1 is 1.17 bits per heavy atom. The Labute approximate surface area is 174 Å². The zero-order valence-corrected chi connectivity index (χ0v) is 17.1.